The van der Waals surface area contributed by atoms with Crippen LogP contribution >= 0.6 is 0 Å². The Kier molecular flexibility index (Phi) is 4.30. The molecule has 3 heterocycles. The number of hydrogen-bond acceptors (Lipinski definition) is 5. The van der Waals surface area contributed by atoms with Crippen molar-refractivity contribution >= 4 is 11.7 Å². The Morgan fingerprint density at radius 2 is 2.12 bits per heavy atom. The van der Waals surface area contributed by atoms with Crippen molar-refractivity contribution in [2.75, 3.05) is 11.9 Å². The Bertz CT molecular complexity index is 920. The SMILES string of the molecule is Cc1ccc(-n2nc(NC(=O)c3ncoc3C3CCCN3)cc2C)cc1. The summed E-state index contributed by atoms with van der Waals surface area (Å²) in [5.41, 5.74) is 3.38. The van der Waals surface area contributed by atoms with Gasteiger partial charge in [0.2, 0.25) is 0 Å². The zero-order chi connectivity index (χ0) is 18.1. The van der Waals surface area contributed by atoms with Gasteiger partial charge in [-0.15, -0.1) is 5.10 Å². The first-order valence-corrected chi connectivity index (χ1v) is 8.73. The van der Waals surface area contributed by atoms with Crippen LogP contribution in [0.3, 0.4) is 0 Å². The molecule has 2 aromatic heterocycles. The number of aromatic nitrogens is 3. The zero-order valence-electron chi connectivity index (χ0n) is 14.8. The Morgan fingerprint density at radius 3 is 2.85 bits per heavy atom. The molecule has 134 valence electrons. The molecule has 2 N–H and O–H groups in total. The standard InChI is InChI=1S/C19H21N5O2/c1-12-5-7-14(8-6-12)24-13(2)10-16(23-24)22-19(25)17-18(26-11-21-17)15-4-3-9-20-15/h5-8,10-11,15,20H,3-4,9H2,1-2H3,(H,22,23,25). The fraction of sp³-hybridized carbons (Fsp3) is 0.316. The van der Waals surface area contributed by atoms with Gasteiger partial charge >= 0.3 is 0 Å². The quantitative estimate of drug-likeness (QED) is 0.754. The number of carbonyl (C=O) groups is 1. The summed E-state index contributed by atoms with van der Waals surface area (Å²) in [7, 11) is 0. The summed E-state index contributed by atoms with van der Waals surface area (Å²) >= 11 is 0. The molecule has 0 saturated carbocycles. The third-order valence-corrected chi connectivity index (χ3v) is 4.59. The molecule has 0 spiro atoms. The molecule has 0 radical (unpaired) electrons. The van der Waals surface area contributed by atoms with E-state index in [1.54, 1.807) is 4.68 Å². The highest BCUT2D eigenvalue weighted by atomic mass is 16.3. The van der Waals surface area contributed by atoms with Crippen LogP contribution in [0.15, 0.2) is 41.1 Å². The minimum Gasteiger partial charge on any atom is -0.446 e. The molecule has 1 aromatic carbocycles. The molecule has 0 bridgehead atoms. The van der Waals surface area contributed by atoms with E-state index in [0.717, 1.165) is 30.8 Å². The van der Waals surface area contributed by atoms with Crippen LogP contribution < -0.4 is 10.6 Å². The van der Waals surface area contributed by atoms with Gasteiger partial charge in [0, 0.05) is 11.8 Å². The monoisotopic (exact) mass is 351 g/mol. The molecule has 3 aromatic rings. The van der Waals surface area contributed by atoms with E-state index in [0.29, 0.717) is 17.3 Å². The predicted octanol–water partition coefficient (Wildman–Crippen LogP) is 3.15. The van der Waals surface area contributed by atoms with Crippen molar-refractivity contribution in [2.24, 2.45) is 0 Å². The molecule has 7 nitrogen and oxygen atoms in total. The third kappa shape index (κ3) is 3.13. The molecule has 1 aliphatic rings. The molecule has 1 aliphatic heterocycles. The molecular weight excluding hydrogens is 330 g/mol. The number of amides is 1. The van der Waals surface area contributed by atoms with Crippen molar-refractivity contribution in [2.45, 2.75) is 32.7 Å². The fourth-order valence-corrected chi connectivity index (χ4v) is 3.24. The highest BCUT2D eigenvalue weighted by molar-refractivity contribution is 6.03. The minimum absolute atomic E-state index is 0.0464. The first-order chi connectivity index (χ1) is 12.6. The maximum absolute atomic E-state index is 12.6. The van der Waals surface area contributed by atoms with Crippen molar-refractivity contribution in [1.82, 2.24) is 20.1 Å². The lowest BCUT2D eigenvalue weighted by molar-refractivity contribution is 0.101. The largest absolute Gasteiger partial charge is 0.446 e. The van der Waals surface area contributed by atoms with Crippen LogP contribution in [0.5, 0.6) is 0 Å². The lowest BCUT2D eigenvalue weighted by Gasteiger charge is -2.08. The number of rotatable bonds is 4. The van der Waals surface area contributed by atoms with Crippen molar-refractivity contribution in [3.63, 3.8) is 0 Å². The number of oxazole rings is 1. The Labute approximate surface area is 151 Å². The summed E-state index contributed by atoms with van der Waals surface area (Å²) < 4.78 is 7.26. The lowest BCUT2D eigenvalue weighted by atomic mass is 10.1. The third-order valence-electron chi connectivity index (χ3n) is 4.59. The van der Waals surface area contributed by atoms with Gasteiger partial charge in [0.25, 0.3) is 5.91 Å². The molecule has 1 unspecified atom stereocenters. The molecule has 1 atom stereocenters. The molecule has 7 heteroatoms. The summed E-state index contributed by atoms with van der Waals surface area (Å²) in [5, 5.41) is 10.7. The van der Waals surface area contributed by atoms with Gasteiger partial charge in [-0.25, -0.2) is 9.67 Å². The van der Waals surface area contributed by atoms with Crippen LogP contribution in [-0.2, 0) is 0 Å². The van der Waals surface area contributed by atoms with Gasteiger partial charge in [-0.3, -0.25) is 4.79 Å². The lowest BCUT2D eigenvalue weighted by Crippen LogP contribution is -2.19. The topological polar surface area (TPSA) is 85.0 Å². The van der Waals surface area contributed by atoms with Crippen LogP contribution in [0.1, 0.15) is 46.4 Å². The normalized spacial score (nSPS) is 16.8. The van der Waals surface area contributed by atoms with Crippen molar-refractivity contribution in [3.8, 4) is 5.69 Å². The minimum atomic E-state index is -0.309. The number of hydrogen-bond donors (Lipinski definition) is 2. The van der Waals surface area contributed by atoms with E-state index in [1.807, 2.05) is 44.2 Å². The highest BCUT2D eigenvalue weighted by Gasteiger charge is 2.27. The van der Waals surface area contributed by atoms with Crippen LogP contribution in [0.25, 0.3) is 5.69 Å². The van der Waals surface area contributed by atoms with E-state index >= 15 is 0 Å². The smallest absolute Gasteiger partial charge is 0.279 e. The number of nitrogens with zero attached hydrogens (tertiary/aromatic N) is 3. The Hall–Kier alpha value is -2.93. The number of aryl methyl sites for hydroxylation is 2. The zero-order valence-corrected chi connectivity index (χ0v) is 14.8. The van der Waals surface area contributed by atoms with Crippen molar-refractivity contribution in [3.05, 3.63) is 59.4 Å². The van der Waals surface area contributed by atoms with Crippen LogP contribution in [0, 0.1) is 13.8 Å². The molecule has 1 fully saturated rings. The van der Waals surface area contributed by atoms with E-state index in [-0.39, 0.29) is 11.9 Å². The van der Waals surface area contributed by atoms with E-state index in [9.17, 15) is 4.79 Å². The van der Waals surface area contributed by atoms with Gasteiger partial charge in [-0.05, 0) is 45.4 Å². The van der Waals surface area contributed by atoms with E-state index < -0.39 is 0 Å². The molecule has 26 heavy (non-hydrogen) atoms. The molecular formula is C19H21N5O2. The number of nitrogens with one attached hydrogen (secondary N) is 2. The maximum Gasteiger partial charge on any atom is 0.279 e. The molecule has 4 rings (SSSR count). The second-order valence-corrected chi connectivity index (χ2v) is 6.59. The average Bonchev–Trinajstić information content (AvgIpc) is 3.35. The molecule has 1 saturated heterocycles. The van der Waals surface area contributed by atoms with E-state index in [4.69, 9.17) is 4.42 Å². The summed E-state index contributed by atoms with van der Waals surface area (Å²) in [6.45, 7) is 4.92. The second kappa shape index (κ2) is 6.76. The first kappa shape index (κ1) is 16.5. The van der Waals surface area contributed by atoms with Crippen molar-refractivity contribution in [1.29, 1.82) is 0 Å². The van der Waals surface area contributed by atoms with Crippen LogP contribution in [0.4, 0.5) is 5.82 Å². The predicted molar refractivity (Wildman–Crippen MR) is 97.5 cm³/mol. The van der Waals surface area contributed by atoms with Gasteiger partial charge in [0.1, 0.15) is 0 Å². The Balaban J connectivity index is 1.55. The first-order valence-electron chi connectivity index (χ1n) is 8.73. The average molecular weight is 351 g/mol. The summed E-state index contributed by atoms with van der Waals surface area (Å²) in [5.74, 6) is 0.770. The molecule has 1 amide bonds. The van der Waals surface area contributed by atoms with E-state index in [1.165, 1.54) is 12.0 Å². The highest BCUT2D eigenvalue weighted by Crippen LogP contribution is 2.26. The number of carbonyl (C=O) groups excluding carboxylic acids is 1. The van der Waals surface area contributed by atoms with Crippen molar-refractivity contribution < 1.29 is 9.21 Å². The van der Waals surface area contributed by atoms with Gasteiger partial charge in [-0.1, -0.05) is 17.7 Å². The van der Waals surface area contributed by atoms with Gasteiger partial charge in [0.05, 0.1) is 11.7 Å². The van der Waals surface area contributed by atoms with Crippen LogP contribution in [-0.4, -0.2) is 27.2 Å². The van der Waals surface area contributed by atoms with Gasteiger partial charge in [-0.2, -0.15) is 0 Å². The summed E-state index contributed by atoms with van der Waals surface area (Å²) in [6, 6.07) is 9.96. The fourth-order valence-electron chi connectivity index (χ4n) is 3.24. The summed E-state index contributed by atoms with van der Waals surface area (Å²) in [4.78, 5) is 16.7. The van der Waals surface area contributed by atoms with Crippen LogP contribution in [0.2, 0.25) is 0 Å². The molecule has 0 aliphatic carbocycles. The number of benzene rings is 1. The summed E-state index contributed by atoms with van der Waals surface area (Å²) in [6.07, 6.45) is 3.32. The van der Waals surface area contributed by atoms with E-state index in [2.05, 4.69) is 20.7 Å². The number of anilines is 1. The van der Waals surface area contributed by atoms with Gasteiger partial charge < -0.3 is 15.1 Å². The maximum atomic E-state index is 12.6. The van der Waals surface area contributed by atoms with Gasteiger partial charge in [0.15, 0.2) is 23.7 Å². The Morgan fingerprint density at radius 1 is 1.31 bits per heavy atom. The second-order valence-electron chi connectivity index (χ2n) is 6.59.